The maximum Gasteiger partial charge on any atom is 0.251 e. The number of fused-ring (bicyclic) bond motifs is 1. The molecule has 0 unspecified atom stereocenters. The Hall–Kier alpha value is -3.23. The van der Waals surface area contributed by atoms with E-state index in [9.17, 15) is 4.79 Å². The lowest BCUT2D eigenvalue weighted by Crippen LogP contribution is -2.41. The summed E-state index contributed by atoms with van der Waals surface area (Å²) in [5, 5.41) is 7.72. The van der Waals surface area contributed by atoms with E-state index in [2.05, 4.69) is 25.5 Å². The van der Waals surface area contributed by atoms with E-state index in [-0.39, 0.29) is 5.91 Å². The highest BCUT2D eigenvalue weighted by Crippen LogP contribution is 2.27. The van der Waals surface area contributed by atoms with Crippen molar-refractivity contribution < 1.29 is 14.3 Å². The zero-order valence-corrected chi connectivity index (χ0v) is 16.9. The van der Waals surface area contributed by atoms with Crippen LogP contribution in [-0.4, -0.2) is 67.2 Å². The lowest BCUT2D eigenvalue weighted by molar-refractivity contribution is 0.0383. The van der Waals surface area contributed by atoms with Gasteiger partial charge in [0.25, 0.3) is 5.91 Å². The monoisotopic (exact) mass is 407 g/mol. The molecule has 0 spiro atoms. The van der Waals surface area contributed by atoms with Crippen molar-refractivity contribution in [2.75, 3.05) is 51.8 Å². The Balaban J connectivity index is 1.44. The third-order valence-electron chi connectivity index (χ3n) is 4.99. The predicted octanol–water partition coefficient (Wildman–Crippen LogP) is 2.53. The number of carbonyl (C=O) groups excluding carboxylic acids is 1. The van der Waals surface area contributed by atoms with Gasteiger partial charge in [0.2, 0.25) is 11.8 Å². The van der Waals surface area contributed by atoms with Crippen LogP contribution < -0.4 is 15.4 Å². The standard InChI is InChI=1S/C22H25N5O3/c1-23-22-25-8-7-20(26-22)30-17-5-6-18-16(15-17)3-2-4-19(18)21(28)24-9-10-27-11-13-29-14-12-27/h2-8,15H,9-14H2,1H3,(H,24,28)(H,23,25,26). The summed E-state index contributed by atoms with van der Waals surface area (Å²) in [5.74, 6) is 1.51. The van der Waals surface area contributed by atoms with Crippen molar-refractivity contribution in [3.05, 3.63) is 54.2 Å². The van der Waals surface area contributed by atoms with E-state index in [1.165, 1.54) is 0 Å². The van der Waals surface area contributed by atoms with Gasteiger partial charge in [-0.15, -0.1) is 0 Å². The van der Waals surface area contributed by atoms with Crippen molar-refractivity contribution in [1.82, 2.24) is 20.2 Å². The average molecular weight is 407 g/mol. The molecule has 30 heavy (non-hydrogen) atoms. The SMILES string of the molecule is CNc1nccc(Oc2ccc3c(C(=O)NCCN4CCOCC4)cccc3c2)n1. The van der Waals surface area contributed by atoms with Gasteiger partial charge in [-0.1, -0.05) is 12.1 Å². The number of carbonyl (C=O) groups is 1. The number of nitrogens with one attached hydrogen (secondary N) is 2. The molecule has 0 atom stereocenters. The first-order valence-corrected chi connectivity index (χ1v) is 10.0. The van der Waals surface area contributed by atoms with Crippen LogP contribution in [0, 0.1) is 0 Å². The molecule has 1 amide bonds. The molecule has 8 nitrogen and oxygen atoms in total. The van der Waals surface area contributed by atoms with E-state index >= 15 is 0 Å². The maximum absolute atomic E-state index is 12.7. The third kappa shape index (κ3) is 4.84. The molecule has 1 saturated heterocycles. The summed E-state index contributed by atoms with van der Waals surface area (Å²) in [4.78, 5) is 23.4. The number of morpholine rings is 1. The number of nitrogens with zero attached hydrogens (tertiary/aromatic N) is 3. The van der Waals surface area contributed by atoms with Crippen LogP contribution in [0.2, 0.25) is 0 Å². The van der Waals surface area contributed by atoms with Crippen LogP contribution >= 0.6 is 0 Å². The van der Waals surface area contributed by atoms with Crippen LogP contribution in [0.1, 0.15) is 10.4 Å². The molecule has 4 rings (SSSR count). The largest absolute Gasteiger partial charge is 0.439 e. The first-order chi connectivity index (χ1) is 14.7. The Labute approximate surface area is 175 Å². The molecule has 156 valence electrons. The second-order valence-electron chi connectivity index (χ2n) is 6.97. The molecule has 0 radical (unpaired) electrons. The van der Waals surface area contributed by atoms with Crippen LogP contribution in [0.3, 0.4) is 0 Å². The Morgan fingerprint density at radius 3 is 2.90 bits per heavy atom. The van der Waals surface area contributed by atoms with Gasteiger partial charge >= 0.3 is 0 Å². The van der Waals surface area contributed by atoms with Gasteiger partial charge in [-0.05, 0) is 35.0 Å². The number of rotatable bonds is 7. The topological polar surface area (TPSA) is 88.6 Å². The minimum Gasteiger partial charge on any atom is -0.439 e. The highest BCUT2D eigenvalue weighted by molar-refractivity contribution is 6.07. The van der Waals surface area contributed by atoms with Gasteiger partial charge in [-0.25, -0.2) is 4.98 Å². The summed E-state index contributed by atoms with van der Waals surface area (Å²) < 4.78 is 11.2. The molecule has 2 N–H and O–H groups in total. The van der Waals surface area contributed by atoms with Crippen LogP contribution in [0.5, 0.6) is 11.6 Å². The van der Waals surface area contributed by atoms with Crippen LogP contribution in [0.4, 0.5) is 5.95 Å². The zero-order chi connectivity index (χ0) is 20.8. The Morgan fingerprint density at radius 1 is 1.20 bits per heavy atom. The highest BCUT2D eigenvalue weighted by Gasteiger charge is 2.13. The first kappa shape index (κ1) is 20.1. The molecule has 2 aromatic carbocycles. The van der Waals surface area contributed by atoms with Gasteiger partial charge in [0.1, 0.15) is 5.75 Å². The fourth-order valence-corrected chi connectivity index (χ4v) is 3.41. The Kier molecular flexibility index (Phi) is 6.36. The van der Waals surface area contributed by atoms with E-state index in [0.29, 0.717) is 29.7 Å². The smallest absolute Gasteiger partial charge is 0.251 e. The van der Waals surface area contributed by atoms with Crippen molar-refractivity contribution in [1.29, 1.82) is 0 Å². The fourth-order valence-electron chi connectivity index (χ4n) is 3.41. The summed E-state index contributed by atoms with van der Waals surface area (Å²) in [6.45, 7) is 4.77. The van der Waals surface area contributed by atoms with Crippen molar-refractivity contribution >= 4 is 22.6 Å². The van der Waals surface area contributed by atoms with Gasteiger partial charge in [-0.3, -0.25) is 9.69 Å². The molecule has 8 heteroatoms. The number of anilines is 1. The molecule has 0 bridgehead atoms. The molecule has 1 aliphatic heterocycles. The van der Waals surface area contributed by atoms with Crippen molar-refractivity contribution in [2.45, 2.75) is 0 Å². The lowest BCUT2D eigenvalue weighted by atomic mass is 10.0. The predicted molar refractivity (Wildman–Crippen MR) is 115 cm³/mol. The van der Waals surface area contributed by atoms with Crippen LogP contribution in [-0.2, 0) is 4.74 Å². The fraction of sp³-hybridized carbons (Fsp3) is 0.318. The van der Waals surface area contributed by atoms with E-state index in [4.69, 9.17) is 9.47 Å². The van der Waals surface area contributed by atoms with Gasteiger partial charge < -0.3 is 20.1 Å². The normalized spacial score (nSPS) is 14.4. The zero-order valence-electron chi connectivity index (χ0n) is 16.9. The van der Waals surface area contributed by atoms with E-state index in [1.54, 1.807) is 19.3 Å². The van der Waals surface area contributed by atoms with Gasteiger partial charge in [-0.2, -0.15) is 4.98 Å². The number of amides is 1. The molecule has 1 aromatic heterocycles. The molecule has 1 aliphatic rings. The van der Waals surface area contributed by atoms with Gasteiger partial charge in [0.15, 0.2) is 0 Å². The molecular formula is C22H25N5O3. The second kappa shape index (κ2) is 9.51. The van der Waals surface area contributed by atoms with Crippen LogP contribution in [0.15, 0.2) is 48.7 Å². The number of aromatic nitrogens is 2. The van der Waals surface area contributed by atoms with Crippen LogP contribution in [0.25, 0.3) is 10.8 Å². The Morgan fingerprint density at radius 2 is 2.07 bits per heavy atom. The third-order valence-corrected chi connectivity index (χ3v) is 4.99. The highest BCUT2D eigenvalue weighted by atomic mass is 16.5. The molecule has 1 fully saturated rings. The summed E-state index contributed by atoms with van der Waals surface area (Å²) in [5.41, 5.74) is 0.653. The summed E-state index contributed by atoms with van der Waals surface area (Å²) in [6, 6.07) is 13.0. The quantitative estimate of drug-likeness (QED) is 0.622. The number of hydrogen-bond acceptors (Lipinski definition) is 7. The molecule has 2 heterocycles. The van der Waals surface area contributed by atoms with E-state index in [0.717, 1.165) is 43.6 Å². The number of ether oxygens (including phenoxy) is 2. The average Bonchev–Trinajstić information content (AvgIpc) is 2.79. The summed E-state index contributed by atoms with van der Waals surface area (Å²) >= 11 is 0. The van der Waals surface area contributed by atoms with Crippen molar-refractivity contribution in [2.24, 2.45) is 0 Å². The van der Waals surface area contributed by atoms with Crippen molar-refractivity contribution in [3.8, 4) is 11.6 Å². The van der Waals surface area contributed by atoms with E-state index < -0.39 is 0 Å². The minimum atomic E-state index is -0.0722. The number of hydrogen-bond donors (Lipinski definition) is 2. The maximum atomic E-state index is 12.7. The van der Waals surface area contributed by atoms with Crippen molar-refractivity contribution in [3.63, 3.8) is 0 Å². The number of benzene rings is 2. The molecule has 3 aromatic rings. The second-order valence-corrected chi connectivity index (χ2v) is 6.97. The first-order valence-electron chi connectivity index (χ1n) is 10.0. The van der Waals surface area contributed by atoms with E-state index in [1.807, 2.05) is 36.4 Å². The van der Waals surface area contributed by atoms with Gasteiger partial charge in [0.05, 0.1) is 13.2 Å². The minimum absolute atomic E-state index is 0.0722. The lowest BCUT2D eigenvalue weighted by Gasteiger charge is -2.26. The molecule has 0 aliphatic carbocycles. The Bertz CT molecular complexity index is 1020. The summed E-state index contributed by atoms with van der Waals surface area (Å²) in [7, 11) is 1.75. The molecular weight excluding hydrogens is 382 g/mol. The molecule has 0 saturated carbocycles. The summed E-state index contributed by atoms with van der Waals surface area (Å²) in [6.07, 6.45) is 1.63. The van der Waals surface area contributed by atoms with Gasteiger partial charge in [0, 0.05) is 51.1 Å².